The van der Waals surface area contributed by atoms with Crippen LogP contribution in [0.2, 0.25) is 0 Å². The van der Waals surface area contributed by atoms with Crippen LogP contribution in [-0.2, 0) is 17.9 Å². The van der Waals surface area contributed by atoms with Gasteiger partial charge in [-0.15, -0.1) is 23.2 Å². The van der Waals surface area contributed by atoms with Gasteiger partial charge in [0, 0.05) is 24.3 Å². The van der Waals surface area contributed by atoms with Crippen molar-refractivity contribution in [2.45, 2.75) is 44.6 Å². The Hall–Kier alpha value is -0.740. The van der Waals surface area contributed by atoms with Crippen LogP contribution < -0.4 is 5.32 Å². The summed E-state index contributed by atoms with van der Waals surface area (Å²) >= 11 is 11.9. The standard InChI is InChI=1S/C12H17Cl2N3O/c1-4-17-8(2)9(6-16-17)5-15-10(18)11(3)7-12(11,13)14/h6H,4-5,7H2,1-3H3,(H,15,18)/t11-/m0/s1. The Balaban J connectivity index is 1.96. The van der Waals surface area contributed by atoms with E-state index in [0.29, 0.717) is 13.0 Å². The number of nitrogens with zero attached hydrogens (tertiary/aromatic N) is 2. The molecule has 1 N–H and O–H groups in total. The van der Waals surface area contributed by atoms with E-state index in [1.54, 1.807) is 13.1 Å². The van der Waals surface area contributed by atoms with Crippen molar-refractivity contribution in [1.29, 1.82) is 0 Å². The van der Waals surface area contributed by atoms with E-state index in [9.17, 15) is 4.79 Å². The highest BCUT2D eigenvalue weighted by Gasteiger charge is 2.67. The van der Waals surface area contributed by atoms with Crippen molar-refractivity contribution >= 4 is 29.1 Å². The minimum absolute atomic E-state index is 0.101. The molecule has 0 unspecified atom stereocenters. The highest BCUT2D eigenvalue weighted by Crippen LogP contribution is 2.63. The van der Waals surface area contributed by atoms with E-state index in [4.69, 9.17) is 23.2 Å². The number of nitrogens with one attached hydrogen (secondary N) is 1. The Morgan fingerprint density at radius 1 is 1.61 bits per heavy atom. The number of hydrogen-bond donors (Lipinski definition) is 1. The van der Waals surface area contributed by atoms with Gasteiger partial charge in [0.25, 0.3) is 0 Å². The molecule has 0 aromatic carbocycles. The average molecular weight is 290 g/mol. The monoisotopic (exact) mass is 289 g/mol. The van der Waals surface area contributed by atoms with E-state index >= 15 is 0 Å². The molecule has 0 saturated heterocycles. The van der Waals surface area contributed by atoms with Crippen LogP contribution >= 0.6 is 23.2 Å². The van der Waals surface area contributed by atoms with Crippen molar-refractivity contribution < 1.29 is 4.79 Å². The van der Waals surface area contributed by atoms with Gasteiger partial charge in [-0.3, -0.25) is 9.48 Å². The van der Waals surface area contributed by atoms with Crippen LogP contribution in [0.15, 0.2) is 6.20 Å². The lowest BCUT2D eigenvalue weighted by molar-refractivity contribution is -0.125. The minimum Gasteiger partial charge on any atom is -0.351 e. The Morgan fingerprint density at radius 3 is 2.67 bits per heavy atom. The summed E-state index contributed by atoms with van der Waals surface area (Å²) in [7, 11) is 0. The Bertz CT molecular complexity index is 484. The number of hydrogen-bond acceptors (Lipinski definition) is 2. The number of alkyl halides is 2. The number of aromatic nitrogens is 2. The molecule has 1 amide bonds. The molecule has 0 bridgehead atoms. The smallest absolute Gasteiger partial charge is 0.229 e. The first-order chi connectivity index (χ1) is 8.32. The van der Waals surface area contributed by atoms with Gasteiger partial charge in [0.15, 0.2) is 0 Å². The lowest BCUT2D eigenvalue weighted by Crippen LogP contribution is -2.32. The second-order valence-corrected chi connectivity index (χ2v) is 6.45. The number of halogens is 2. The summed E-state index contributed by atoms with van der Waals surface area (Å²) in [5.74, 6) is -0.101. The predicted octanol–water partition coefficient (Wildman–Crippen LogP) is 2.41. The summed E-state index contributed by atoms with van der Waals surface area (Å²) < 4.78 is 0.980. The van der Waals surface area contributed by atoms with Crippen LogP contribution in [0.1, 0.15) is 31.5 Å². The third kappa shape index (κ3) is 2.12. The maximum Gasteiger partial charge on any atom is 0.229 e. The van der Waals surface area contributed by atoms with Gasteiger partial charge in [0.2, 0.25) is 5.91 Å². The molecular formula is C12H17Cl2N3O. The van der Waals surface area contributed by atoms with Crippen LogP contribution in [0.3, 0.4) is 0 Å². The van der Waals surface area contributed by atoms with Gasteiger partial charge in [0.1, 0.15) is 4.33 Å². The van der Waals surface area contributed by atoms with Gasteiger partial charge in [0.05, 0.1) is 11.6 Å². The van der Waals surface area contributed by atoms with Gasteiger partial charge in [-0.05, 0) is 27.2 Å². The second kappa shape index (κ2) is 4.42. The topological polar surface area (TPSA) is 46.9 Å². The molecule has 1 aromatic rings. The Labute approximate surface area is 117 Å². The first kappa shape index (κ1) is 13.7. The van der Waals surface area contributed by atoms with E-state index in [2.05, 4.69) is 10.4 Å². The molecule has 1 fully saturated rings. The molecule has 6 heteroatoms. The maximum absolute atomic E-state index is 12.0. The van der Waals surface area contributed by atoms with Crippen LogP contribution in [-0.4, -0.2) is 20.0 Å². The number of carbonyl (C=O) groups excluding carboxylic acids is 1. The van der Waals surface area contributed by atoms with Crippen molar-refractivity contribution in [3.63, 3.8) is 0 Å². The van der Waals surface area contributed by atoms with Gasteiger partial charge < -0.3 is 5.32 Å². The second-order valence-electron chi connectivity index (χ2n) is 4.97. The molecule has 18 heavy (non-hydrogen) atoms. The van der Waals surface area contributed by atoms with E-state index in [1.807, 2.05) is 18.5 Å². The highest BCUT2D eigenvalue weighted by molar-refractivity contribution is 6.53. The molecule has 1 heterocycles. The zero-order chi connectivity index (χ0) is 13.6. The van der Waals surface area contributed by atoms with Crippen LogP contribution in [0, 0.1) is 12.3 Å². The summed E-state index contributed by atoms with van der Waals surface area (Å²) in [5.41, 5.74) is 1.43. The Morgan fingerprint density at radius 2 is 2.22 bits per heavy atom. The lowest BCUT2D eigenvalue weighted by Gasteiger charge is -2.12. The summed E-state index contributed by atoms with van der Waals surface area (Å²) in [5, 5.41) is 7.11. The summed E-state index contributed by atoms with van der Waals surface area (Å²) in [6.07, 6.45) is 2.28. The van der Waals surface area contributed by atoms with Gasteiger partial charge in [-0.2, -0.15) is 5.10 Å². The molecule has 2 rings (SSSR count). The fraction of sp³-hybridized carbons (Fsp3) is 0.667. The molecule has 1 saturated carbocycles. The van der Waals surface area contributed by atoms with Crippen LogP contribution in [0.4, 0.5) is 0 Å². The Kier molecular flexibility index (Phi) is 3.36. The van der Waals surface area contributed by atoms with Crippen LogP contribution in [0.5, 0.6) is 0 Å². The number of carbonyl (C=O) groups is 1. The molecule has 4 nitrogen and oxygen atoms in total. The number of rotatable bonds is 4. The normalized spacial score (nSPS) is 24.9. The molecule has 100 valence electrons. The quantitative estimate of drug-likeness (QED) is 0.866. The van der Waals surface area contributed by atoms with Gasteiger partial charge >= 0.3 is 0 Å². The van der Waals surface area contributed by atoms with Crippen molar-refractivity contribution in [3.05, 3.63) is 17.5 Å². The highest BCUT2D eigenvalue weighted by atomic mass is 35.5. The molecule has 1 aliphatic rings. The minimum atomic E-state index is -0.917. The summed E-state index contributed by atoms with van der Waals surface area (Å²) in [6, 6.07) is 0. The van der Waals surface area contributed by atoms with E-state index in [1.165, 1.54) is 0 Å². The summed E-state index contributed by atoms with van der Waals surface area (Å²) in [6.45, 7) is 7.09. The fourth-order valence-corrected chi connectivity index (χ4v) is 2.70. The van der Waals surface area contributed by atoms with E-state index in [0.717, 1.165) is 17.8 Å². The zero-order valence-electron chi connectivity index (χ0n) is 10.8. The van der Waals surface area contributed by atoms with Gasteiger partial charge in [-0.25, -0.2) is 0 Å². The first-order valence-corrected chi connectivity index (χ1v) is 6.75. The molecule has 1 aromatic heterocycles. The lowest BCUT2D eigenvalue weighted by atomic mass is 10.1. The molecular weight excluding hydrogens is 273 g/mol. The third-order valence-corrected chi connectivity index (χ3v) is 4.80. The molecule has 0 radical (unpaired) electrons. The number of amides is 1. The fourth-order valence-electron chi connectivity index (χ4n) is 1.99. The largest absolute Gasteiger partial charge is 0.351 e. The number of aryl methyl sites for hydroxylation is 1. The van der Waals surface area contributed by atoms with Crippen molar-refractivity contribution in [3.8, 4) is 0 Å². The SMILES string of the molecule is CCn1ncc(CNC(=O)[C@]2(C)CC2(Cl)Cl)c1C. The zero-order valence-corrected chi connectivity index (χ0v) is 12.3. The first-order valence-electron chi connectivity index (χ1n) is 5.99. The molecule has 0 spiro atoms. The van der Waals surface area contributed by atoms with E-state index < -0.39 is 9.75 Å². The van der Waals surface area contributed by atoms with Crippen LogP contribution in [0.25, 0.3) is 0 Å². The summed E-state index contributed by atoms with van der Waals surface area (Å²) in [4.78, 5) is 12.0. The van der Waals surface area contributed by atoms with Crippen molar-refractivity contribution in [2.75, 3.05) is 0 Å². The van der Waals surface area contributed by atoms with E-state index in [-0.39, 0.29) is 5.91 Å². The molecule has 1 aliphatic carbocycles. The van der Waals surface area contributed by atoms with Crippen molar-refractivity contribution in [1.82, 2.24) is 15.1 Å². The third-order valence-electron chi connectivity index (χ3n) is 3.70. The average Bonchev–Trinajstić information content (AvgIpc) is 2.67. The van der Waals surface area contributed by atoms with Gasteiger partial charge in [-0.1, -0.05) is 0 Å². The van der Waals surface area contributed by atoms with Crippen molar-refractivity contribution in [2.24, 2.45) is 5.41 Å². The molecule has 1 atom stereocenters. The maximum atomic E-state index is 12.0. The molecule has 0 aliphatic heterocycles. The predicted molar refractivity (Wildman–Crippen MR) is 71.6 cm³/mol.